The summed E-state index contributed by atoms with van der Waals surface area (Å²) in [4.78, 5) is 20.8. The number of aromatic nitrogens is 2. The molecule has 6 heteroatoms. The third-order valence-electron chi connectivity index (χ3n) is 3.73. The normalized spacial score (nSPS) is 10.4. The monoisotopic (exact) mass is 352 g/mol. The minimum absolute atomic E-state index is 0.240. The number of carbonyl (C=O) groups excluding carboxylic acids is 1. The third kappa shape index (κ3) is 4.14. The van der Waals surface area contributed by atoms with Gasteiger partial charge in [0, 0.05) is 16.4 Å². The Morgan fingerprint density at radius 2 is 1.76 bits per heavy atom. The highest BCUT2D eigenvalue weighted by Crippen LogP contribution is 2.21. The molecule has 5 nitrogen and oxygen atoms in total. The maximum Gasteiger partial charge on any atom is 0.275 e. The Bertz CT molecular complexity index is 910. The van der Waals surface area contributed by atoms with Gasteiger partial charge in [0.1, 0.15) is 11.5 Å². The molecule has 0 unspecified atom stereocenters. The summed E-state index contributed by atoms with van der Waals surface area (Å²) in [6, 6.07) is 13.2. The maximum atomic E-state index is 12.3. The van der Waals surface area contributed by atoms with E-state index in [9.17, 15) is 4.79 Å². The zero-order valence-corrected chi connectivity index (χ0v) is 14.6. The van der Waals surface area contributed by atoms with Gasteiger partial charge in [0.15, 0.2) is 0 Å². The summed E-state index contributed by atoms with van der Waals surface area (Å²) in [6.07, 6.45) is 2.98. The lowest BCUT2D eigenvalue weighted by Gasteiger charge is -2.10. The quantitative estimate of drug-likeness (QED) is 0.711. The number of benzene rings is 2. The summed E-state index contributed by atoms with van der Waals surface area (Å²) >= 11 is 5.92. The molecule has 0 aliphatic carbocycles. The van der Waals surface area contributed by atoms with Gasteiger partial charge in [-0.15, -0.1) is 0 Å². The van der Waals surface area contributed by atoms with E-state index in [1.54, 1.807) is 18.2 Å². The first-order valence-corrected chi connectivity index (χ1v) is 8.13. The summed E-state index contributed by atoms with van der Waals surface area (Å²) in [5.74, 6) is 0.258. The fourth-order valence-electron chi connectivity index (χ4n) is 2.31. The van der Waals surface area contributed by atoms with Crippen molar-refractivity contribution in [1.82, 2.24) is 9.97 Å². The average Bonchev–Trinajstić information content (AvgIpc) is 2.60. The first-order valence-electron chi connectivity index (χ1n) is 7.75. The molecule has 25 heavy (non-hydrogen) atoms. The summed E-state index contributed by atoms with van der Waals surface area (Å²) in [5.41, 5.74) is 3.87. The number of para-hydroxylation sites is 1. The van der Waals surface area contributed by atoms with Crippen molar-refractivity contribution in [3.05, 3.63) is 76.7 Å². The zero-order chi connectivity index (χ0) is 17.8. The molecule has 0 radical (unpaired) electrons. The molecule has 0 saturated carbocycles. The Kier molecular flexibility index (Phi) is 4.95. The fourth-order valence-corrected chi connectivity index (χ4v) is 2.54. The molecule has 0 atom stereocenters. The van der Waals surface area contributed by atoms with Gasteiger partial charge >= 0.3 is 0 Å². The van der Waals surface area contributed by atoms with Crippen LogP contribution in [0.25, 0.3) is 0 Å². The summed E-state index contributed by atoms with van der Waals surface area (Å²) < 4.78 is 0. The van der Waals surface area contributed by atoms with Crippen LogP contribution >= 0.6 is 11.6 Å². The van der Waals surface area contributed by atoms with Crippen molar-refractivity contribution in [3.63, 3.8) is 0 Å². The van der Waals surface area contributed by atoms with Crippen LogP contribution in [0.1, 0.15) is 21.6 Å². The van der Waals surface area contributed by atoms with Crippen LogP contribution in [0.5, 0.6) is 0 Å². The SMILES string of the molecule is Cc1cc(Cl)ccc1NC(=O)c1cnc(Nc2ccccc2C)cn1. The number of carbonyl (C=O) groups is 1. The third-order valence-corrected chi connectivity index (χ3v) is 3.96. The number of hydrogen-bond acceptors (Lipinski definition) is 4. The molecule has 2 aromatic carbocycles. The highest BCUT2D eigenvalue weighted by Gasteiger charge is 2.10. The average molecular weight is 353 g/mol. The van der Waals surface area contributed by atoms with E-state index < -0.39 is 0 Å². The van der Waals surface area contributed by atoms with Crippen LogP contribution in [-0.4, -0.2) is 15.9 Å². The number of nitrogens with one attached hydrogen (secondary N) is 2. The van der Waals surface area contributed by atoms with Crippen LogP contribution in [0.15, 0.2) is 54.9 Å². The molecule has 0 aliphatic heterocycles. The lowest BCUT2D eigenvalue weighted by Crippen LogP contribution is -2.15. The summed E-state index contributed by atoms with van der Waals surface area (Å²) in [6.45, 7) is 3.88. The standard InChI is InChI=1S/C19H17ClN4O/c1-12-5-3-4-6-15(12)23-18-11-21-17(10-22-18)19(25)24-16-8-7-14(20)9-13(16)2/h3-11H,1-2H3,(H,22,23)(H,24,25). The maximum absolute atomic E-state index is 12.3. The second-order valence-electron chi connectivity index (χ2n) is 5.64. The smallest absolute Gasteiger partial charge is 0.275 e. The Labute approximate surface area is 151 Å². The van der Waals surface area contributed by atoms with Gasteiger partial charge in [-0.05, 0) is 49.2 Å². The van der Waals surface area contributed by atoms with Crippen LogP contribution in [0.2, 0.25) is 5.02 Å². The van der Waals surface area contributed by atoms with Crippen molar-refractivity contribution < 1.29 is 4.79 Å². The van der Waals surface area contributed by atoms with E-state index in [2.05, 4.69) is 20.6 Å². The topological polar surface area (TPSA) is 66.9 Å². The van der Waals surface area contributed by atoms with E-state index in [1.165, 1.54) is 12.4 Å². The van der Waals surface area contributed by atoms with E-state index in [4.69, 9.17) is 11.6 Å². The number of hydrogen-bond donors (Lipinski definition) is 2. The number of rotatable bonds is 4. The van der Waals surface area contributed by atoms with Crippen molar-refractivity contribution >= 4 is 34.7 Å². The number of amides is 1. The van der Waals surface area contributed by atoms with Gasteiger partial charge in [0.2, 0.25) is 0 Å². The largest absolute Gasteiger partial charge is 0.339 e. The molecule has 0 aliphatic rings. The fraction of sp³-hybridized carbons (Fsp3) is 0.105. The molecular formula is C19H17ClN4O. The van der Waals surface area contributed by atoms with E-state index >= 15 is 0 Å². The second kappa shape index (κ2) is 7.32. The molecule has 2 N–H and O–H groups in total. The summed E-state index contributed by atoms with van der Waals surface area (Å²) in [5, 5.41) is 6.62. The molecule has 0 fully saturated rings. The van der Waals surface area contributed by atoms with Crippen LogP contribution in [-0.2, 0) is 0 Å². The molecule has 3 rings (SSSR count). The van der Waals surface area contributed by atoms with Crippen LogP contribution in [0.4, 0.5) is 17.2 Å². The number of halogens is 1. The minimum Gasteiger partial charge on any atom is -0.339 e. The van der Waals surface area contributed by atoms with Gasteiger partial charge in [-0.1, -0.05) is 29.8 Å². The second-order valence-corrected chi connectivity index (χ2v) is 6.08. The highest BCUT2D eigenvalue weighted by atomic mass is 35.5. The Morgan fingerprint density at radius 3 is 2.44 bits per heavy atom. The van der Waals surface area contributed by atoms with E-state index in [0.29, 0.717) is 16.5 Å². The van der Waals surface area contributed by atoms with Crippen LogP contribution in [0, 0.1) is 13.8 Å². The lowest BCUT2D eigenvalue weighted by atomic mass is 10.2. The van der Waals surface area contributed by atoms with Crippen LogP contribution < -0.4 is 10.6 Å². The Balaban J connectivity index is 1.71. The van der Waals surface area contributed by atoms with Gasteiger partial charge < -0.3 is 10.6 Å². The highest BCUT2D eigenvalue weighted by molar-refractivity contribution is 6.30. The van der Waals surface area contributed by atoms with Gasteiger partial charge in [0.05, 0.1) is 12.4 Å². The van der Waals surface area contributed by atoms with Gasteiger partial charge in [-0.2, -0.15) is 0 Å². The predicted molar refractivity (Wildman–Crippen MR) is 101 cm³/mol. The number of anilines is 3. The first kappa shape index (κ1) is 16.9. The molecule has 126 valence electrons. The molecular weight excluding hydrogens is 336 g/mol. The van der Waals surface area contributed by atoms with Crippen molar-refractivity contribution in [3.8, 4) is 0 Å². The molecule has 1 heterocycles. The van der Waals surface area contributed by atoms with Gasteiger partial charge in [-0.3, -0.25) is 4.79 Å². The minimum atomic E-state index is -0.319. The first-order chi connectivity index (χ1) is 12.0. The Morgan fingerprint density at radius 1 is 0.960 bits per heavy atom. The lowest BCUT2D eigenvalue weighted by molar-refractivity contribution is 0.102. The van der Waals surface area contributed by atoms with Crippen molar-refractivity contribution in [2.75, 3.05) is 10.6 Å². The van der Waals surface area contributed by atoms with Crippen molar-refractivity contribution in [2.24, 2.45) is 0 Å². The zero-order valence-electron chi connectivity index (χ0n) is 13.9. The molecule has 0 bridgehead atoms. The van der Waals surface area contributed by atoms with Crippen molar-refractivity contribution in [2.45, 2.75) is 13.8 Å². The van der Waals surface area contributed by atoms with Gasteiger partial charge in [0.25, 0.3) is 5.91 Å². The molecule has 1 amide bonds. The predicted octanol–water partition coefficient (Wildman–Crippen LogP) is 4.74. The molecule has 0 saturated heterocycles. The van der Waals surface area contributed by atoms with E-state index in [-0.39, 0.29) is 11.6 Å². The molecule has 3 aromatic rings. The molecule has 1 aromatic heterocycles. The Hall–Kier alpha value is -2.92. The van der Waals surface area contributed by atoms with Crippen molar-refractivity contribution in [1.29, 1.82) is 0 Å². The van der Waals surface area contributed by atoms with E-state index in [1.807, 2.05) is 38.1 Å². The van der Waals surface area contributed by atoms with Gasteiger partial charge in [-0.25, -0.2) is 9.97 Å². The summed E-state index contributed by atoms with van der Waals surface area (Å²) in [7, 11) is 0. The number of nitrogens with zero attached hydrogens (tertiary/aromatic N) is 2. The van der Waals surface area contributed by atoms with E-state index in [0.717, 1.165) is 16.8 Å². The van der Waals surface area contributed by atoms with Crippen LogP contribution in [0.3, 0.4) is 0 Å². The number of aryl methyl sites for hydroxylation is 2. The molecule has 0 spiro atoms.